The van der Waals surface area contributed by atoms with E-state index in [1.807, 2.05) is 29.7 Å². The fourth-order valence-electron chi connectivity index (χ4n) is 3.99. The van der Waals surface area contributed by atoms with Gasteiger partial charge in [0.2, 0.25) is 11.9 Å². The highest BCUT2D eigenvalue weighted by atomic mass is 19.4. The number of aromatic nitrogens is 4. The van der Waals surface area contributed by atoms with E-state index in [4.69, 9.17) is 0 Å². The van der Waals surface area contributed by atoms with E-state index in [2.05, 4.69) is 26.0 Å². The van der Waals surface area contributed by atoms with Crippen LogP contribution < -0.4 is 14.7 Å². The molecule has 35 heavy (non-hydrogen) atoms. The Kier molecular flexibility index (Phi) is 7.00. The van der Waals surface area contributed by atoms with Crippen LogP contribution in [0.25, 0.3) is 11.4 Å². The van der Waals surface area contributed by atoms with Crippen LogP contribution in [0.4, 0.5) is 30.9 Å². The molecule has 11 heteroatoms. The topological polar surface area (TPSA) is 85.1 Å². The van der Waals surface area contributed by atoms with Crippen LogP contribution in [0.15, 0.2) is 42.6 Å². The number of anilines is 3. The normalized spacial score (nSPS) is 14.1. The maximum absolute atomic E-state index is 13.5. The van der Waals surface area contributed by atoms with Gasteiger partial charge < -0.3 is 14.7 Å². The minimum atomic E-state index is -4.47. The summed E-state index contributed by atoms with van der Waals surface area (Å²) in [6.45, 7) is 6.94. The van der Waals surface area contributed by atoms with Crippen molar-refractivity contribution in [2.24, 2.45) is 0 Å². The second-order valence-electron chi connectivity index (χ2n) is 7.97. The monoisotopic (exact) mass is 482 g/mol. The number of alkyl halides is 3. The zero-order valence-electron chi connectivity index (χ0n) is 19.5. The molecule has 1 aliphatic heterocycles. The van der Waals surface area contributed by atoms with Gasteiger partial charge in [-0.3, -0.25) is 0 Å². The van der Waals surface area contributed by atoms with Crippen LogP contribution in [0.5, 0.6) is 0 Å². The van der Waals surface area contributed by atoms with E-state index in [0.717, 1.165) is 6.07 Å². The highest BCUT2D eigenvalue weighted by Gasteiger charge is 2.36. The number of hydrogen-bond acceptors (Lipinski definition) is 8. The van der Waals surface area contributed by atoms with Gasteiger partial charge in [0.05, 0.1) is 17.2 Å². The number of nitrogens with zero attached hydrogens (tertiary/aromatic N) is 8. The number of pyridine rings is 1. The third-order valence-corrected chi connectivity index (χ3v) is 5.86. The molecule has 1 aliphatic rings. The number of halogens is 3. The van der Waals surface area contributed by atoms with Gasteiger partial charge >= 0.3 is 6.18 Å². The second kappa shape index (κ2) is 10.1. The summed E-state index contributed by atoms with van der Waals surface area (Å²) in [5.74, 6) is 1.36. The Hall–Kier alpha value is -3.94. The summed E-state index contributed by atoms with van der Waals surface area (Å²) in [6.07, 6.45) is -3.10. The highest BCUT2D eigenvalue weighted by Crippen LogP contribution is 2.35. The summed E-state index contributed by atoms with van der Waals surface area (Å²) in [6, 6.07) is 11.5. The molecule has 0 aliphatic carbocycles. The molecule has 0 N–H and O–H groups in total. The van der Waals surface area contributed by atoms with E-state index in [9.17, 15) is 18.4 Å². The molecule has 182 valence electrons. The van der Waals surface area contributed by atoms with Crippen molar-refractivity contribution < 1.29 is 13.2 Å². The van der Waals surface area contributed by atoms with E-state index in [-0.39, 0.29) is 5.82 Å². The molecule has 0 bridgehead atoms. The minimum Gasteiger partial charge on any atom is -0.353 e. The number of benzene rings is 1. The Labute approximate surface area is 201 Å². The standard InChI is InChI=1S/C24H25F3N8/c1-3-33(4-2)22-30-20(18-8-5-7-17(15-18)16-28)31-23(32-22)35-13-11-34(12-14-35)21-19(24(25,26)27)9-6-10-29-21/h5-10,15H,3-4,11-14H2,1-2H3. The molecule has 3 heterocycles. The first-order valence-electron chi connectivity index (χ1n) is 11.4. The summed E-state index contributed by atoms with van der Waals surface area (Å²) in [7, 11) is 0. The zero-order chi connectivity index (χ0) is 25.0. The summed E-state index contributed by atoms with van der Waals surface area (Å²) in [5.41, 5.74) is 0.457. The molecule has 3 aromatic rings. The maximum atomic E-state index is 13.5. The smallest absolute Gasteiger partial charge is 0.353 e. The number of nitriles is 1. The first-order chi connectivity index (χ1) is 16.8. The van der Waals surface area contributed by atoms with Crippen LogP contribution in [0.3, 0.4) is 0 Å². The number of rotatable bonds is 6. The van der Waals surface area contributed by atoms with Crippen molar-refractivity contribution in [1.29, 1.82) is 5.26 Å². The Morgan fingerprint density at radius 3 is 2.34 bits per heavy atom. The van der Waals surface area contributed by atoms with Crippen molar-refractivity contribution in [2.45, 2.75) is 20.0 Å². The zero-order valence-corrected chi connectivity index (χ0v) is 19.5. The highest BCUT2D eigenvalue weighted by molar-refractivity contribution is 5.61. The fraction of sp³-hybridized carbons (Fsp3) is 0.375. The van der Waals surface area contributed by atoms with Gasteiger partial charge in [0.15, 0.2) is 5.82 Å². The van der Waals surface area contributed by atoms with Gasteiger partial charge in [-0.05, 0) is 38.1 Å². The lowest BCUT2D eigenvalue weighted by molar-refractivity contribution is -0.137. The quantitative estimate of drug-likeness (QED) is 0.521. The van der Waals surface area contributed by atoms with Gasteiger partial charge in [-0.2, -0.15) is 33.4 Å². The molecule has 1 aromatic carbocycles. The molecule has 0 saturated carbocycles. The third kappa shape index (κ3) is 5.26. The van der Waals surface area contributed by atoms with Gasteiger partial charge in [0, 0.05) is 51.0 Å². The summed E-state index contributed by atoms with van der Waals surface area (Å²) >= 11 is 0. The molecule has 8 nitrogen and oxygen atoms in total. The average Bonchev–Trinajstić information content (AvgIpc) is 2.89. The van der Waals surface area contributed by atoms with E-state index in [1.54, 1.807) is 23.1 Å². The lowest BCUT2D eigenvalue weighted by Gasteiger charge is -2.36. The molecule has 0 spiro atoms. The van der Waals surface area contributed by atoms with Gasteiger partial charge in [0.1, 0.15) is 5.82 Å². The van der Waals surface area contributed by atoms with Crippen LogP contribution in [0.2, 0.25) is 0 Å². The van der Waals surface area contributed by atoms with Crippen molar-refractivity contribution in [3.05, 3.63) is 53.7 Å². The lowest BCUT2D eigenvalue weighted by atomic mass is 10.1. The molecule has 1 saturated heterocycles. The van der Waals surface area contributed by atoms with Crippen LogP contribution in [-0.4, -0.2) is 59.2 Å². The van der Waals surface area contributed by atoms with Gasteiger partial charge in [-0.25, -0.2) is 4.98 Å². The van der Waals surface area contributed by atoms with Crippen LogP contribution in [-0.2, 0) is 6.18 Å². The van der Waals surface area contributed by atoms with E-state index >= 15 is 0 Å². The fourth-order valence-corrected chi connectivity index (χ4v) is 3.99. The third-order valence-electron chi connectivity index (χ3n) is 5.86. The van der Waals surface area contributed by atoms with Crippen LogP contribution in [0, 0.1) is 11.3 Å². The number of hydrogen-bond donors (Lipinski definition) is 0. The average molecular weight is 483 g/mol. The summed E-state index contributed by atoms with van der Waals surface area (Å²) in [5, 5.41) is 9.28. The molecule has 1 fully saturated rings. The van der Waals surface area contributed by atoms with Crippen molar-refractivity contribution >= 4 is 17.7 Å². The predicted octanol–water partition coefficient (Wildman–Crippen LogP) is 4.00. The molecule has 2 aromatic heterocycles. The molecule has 0 atom stereocenters. The maximum Gasteiger partial charge on any atom is 0.419 e. The predicted molar refractivity (Wildman–Crippen MR) is 127 cm³/mol. The Morgan fingerprint density at radius 1 is 0.971 bits per heavy atom. The Bertz CT molecular complexity index is 1210. The van der Waals surface area contributed by atoms with Crippen molar-refractivity contribution in [2.75, 3.05) is 54.0 Å². The van der Waals surface area contributed by atoms with Gasteiger partial charge in [-0.15, -0.1) is 0 Å². The van der Waals surface area contributed by atoms with Crippen molar-refractivity contribution in [3.63, 3.8) is 0 Å². The molecular weight excluding hydrogens is 457 g/mol. The first kappa shape index (κ1) is 24.2. The molecule has 0 amide bonds. The first-order valence-corrected chi connectivity index (χ1v) is 11.4. The van der Waals surface area contributed by atoms with E-state index in [0.29, 0.717) is 68.1 Å². The Morgan fingerprint density at radius 2 is 1.69 bits per heavy atom. The minimum absolute atomic E-state index is 0.0619. The number of piperazine rings is 1. The molecule has 4 rings (SSSR count). The SMILES string of the molecule is CCN(CC)c1nc(-c2cccc(C#N)c2)nc(N2CCN(c3ncccc3C(F)(F)F)CC2)n1. The van der Waals surface area contributed by atoms with Crippen molar-refractivity contribution in [1.82, 2.24) is 19.9 Å². The van der Waals surface area contributed by atoms with Gasteiger partial charge in [0.25, 0.3) is 0 Å². The molecule has 0 radical (unpaired) electrons. The molecular formula is C24H25F3N8. The van der Waals surface area contributed by atoms with Crippen LogP contribution >= 0.6 is 0 Å². The lowest BCUT2D eigenvalue weighted by Crippen LogP contribution is -2.48. The van der Waals surface area contributed by atoms with Crippen molar-refractivity contribution in [3.8, 4) is 17.5 Å². The largest absolute Gasteiger partial charge is 0.419 e. The van der Waals surface area contributed by atoms with E-state index in [1.165, 1.54) is 12.3 Å². The Balaban J connectivity index is 1.63. The van der Waals surface area contributed by atoms with Gasteiger partial charge in [-0.1, -0.05) is 12.1 Å². The molecule has 0 unspecified atom stereocenters. The summed E-state index contributed by atoms with van der Waals surface area (Å²) < 4.78 is 40.4. The van der Waals surface area contributed by atoms with E-state index < -0.39 is 11.7 Å². The summed E-state index contributed by atoms with van der Waals surface area (Å²) in [4.78, 5) is 23.6. The van der Waals surface area contributed by atoms with Crippen LogP contribution in [0.1, 0.15) is 25.0 Å². The second-order valence-corrected chi connectivity index (χ2v) is 7.97.